The van der Waals surface area contributed by atoms with Gasteiger partial charge >= 0.3 is 102 Å². The van der Waals surface area contributed by atoms with Gasteiger partial charge < -0.3 is 33.2 Å². The van der Waals surface area contributed by atoms with Crippen LogP contribution in [0, 0.1) is 0 Å². The number of halogens is 28. The number of ether oxygens (including phenoxy) is 10. The van der Waals surface area contributed by atoms with Crippen molar-refractivity contribution < 1.29 is 189 Å². The fraction of sp³-hybridized carbons (Fsp3) is 0.684. The van der Waals surface area contributed by atoms with Gasteiger partial charge in [-0.1, -0.05) is 26.3 Å². The molecule has 0 saturated heterocycles. The highest BCUT2D eigenvalue weighted by molar-refractivity contribution is 5.82. The minimum Gasteiger partial charge on any atom is -0.456 e. The van der Waals surface area contributed by atoms with Crippen molar-refractivity contribution in [2.75, 3.05) is 52.9 Å². The number of carbonyl (C=O) groups is 4. The van der Waals surface area contributed by atoms with Gasteiger partial charge in [0.2, 0.25) is 5.67 Å². The molecule has 0 amide bonds. The van der Waals surface area contributed by atoms with Gasteiger partial charge in [0.15, 0.2) is 26.4 Å². The van der Waals surface area contributed by atoms with Gasteiger partial charge in [0.25, 0.3) is 11.8 Å². The third-order valence-electron chi connectivity index (χ3n) is 9.54. The smallest absolute Gasteiger partial charge is 0.425 e. The number of carbonyl (C=O) groups excluding carboxylic acids is 4. The molecule has 4 atom stereocenters. The molecule has 4 unspecified atom stereocenters. The van der Waals surface area contributed by atoms with Crippen LogP contribution in [0.5, 0.6) is 0 Å². The molecular formula is C38H32F28O14. The van der Waals surface area contributed by atoms with Gasteiger partial charge in [-0.15, -0.1) is 0 Å². The molecule has 0 heterocycles. The van der Waals surface area contributed by atoms with Crippen LogP contribution >= 0.6 is 0 Å². The maximum absolute atomic E-state index is 16.1. The summed E-state index contributed by atoms with van der Waals surface area (Å²) in [6.45, 7) is -16.9. The van der Waals surface area contributed by atoms with Crippen molar-refractivity contribution in [2.24, 2.45) is 0 Å². The second-order valence-electron chi connectivity index (χ2n) is 15.6. The lowest BCUT2D eigenvalue weighted by Crippen LogP contribution is -2.78. The van der Waals surface area contributed by atoms with Crippen LogP contribution in [0.3, 0.4) is 0 Å². The summed E-state index contributed by atoms with van der Waals surface area (Å²) in [4.78, 5) is 44.2. The first-order valence-corrected chi connectivity index (χ1v) is 19.9. The lowest BCUT2D eigenvalue weighted by Gasteiger charge is -2.51. The molecule has 464 valence electrons. The summed E-state index contributed by atoms with van der Waals surface area (Å²) in [7, 11) is 0. The largest absolute Gasteiger partial charge is 0.456 e. The molecule has 14 nitrogen and oxygen atoms in total. The average molecular weight is 1240 g/mol. The molecule has 0 aromatic rings. The fourth-order valence-corrected chi connectivity index (χ4v) is 5.12. The molecule has 1 aliphatic rings. The Bertz CT molecular complexity index is 2250. The number of esters is 4. The van der Waals surface area contributed by atoms with Gasteiger partial charge in [-0.3, -0.25) is 9.47 Å². The van der Waals surface area contributed by atoms with Crippen LogP contribution in [0.25, 0.3) is 0 Å². The monoisotopic (exact) mass is 1240 g/mol. The normalized spacial score (nSPS) is 21.2. The molecule has 1 saturated carbocycles. The first kappa shape index (κ1) is 72.7. The van der Waals surface area contributed by atoms with Gasteiger partial charge in [-0.05, 0) is 6.42 Å². The zero-order chi connectivity index (χ0) is 63.3. The van der Waals surface area contributed by atoms with Crippen molar-refractivity contribution in [3.63, 3.8) is 0 Å². The summed E-state index contributed by atoms with van der Waals surface area (Å²) in [5.41, 5.74) is -14.3. The van der Waals surface area contributed by atoms with Crippen molar-refractivity contribution in [1.82, 2.24) is 0 Å². The fourth-order valence-electron chi connectivity index (χ4n) is 5.12. The topological polar surface area (TPSA) is 161 Å². The maximum atomic E-state index is 16.1. The van der Waals surface area contributed by atoms with Gasteiger partial charge in [0.05, 0.1) is 6.61 Å². The predicted octanol–water partition coefficient (Wildman–Crippen LogP) is 9.91. The molecule has 80 heavy (non-hydrogen) atoms. The molecule has 0 N–H and O–H groups in total. The van der Waals surface area contributed by atoms with Crippen LogP contribution in [0.2, 0.25) is 0 Å². The van der Waals surface area contributed by atoms with Crippen LogP contribution in [0.4, 0.5) is 123 Å². The Kier molecular flexibility index (Phi) is 22.0. The van der Waals surface area contributed by atoms with Crippen LogP contribution < -0.4 is 0 Å². The van der Waals surface area contributed by atoms with Crippen molar-refractivity contribution in [1.29, 1.82) is 0 Å². The van der Waals surface area contributed by atoms with Crippen LogP contribution in [-0.2, 0) is 66.5 Å². The molecule has 42 heteroatoms. The Morgan fingerprint density at radius 1 is 0.400 bits per heavy atom. The first-order chi connectivity index (χ1) is 35.5. The molecular weight excluding hydrogens is 1210 g/mol. The van der Waals surface area contributed by atoms with E-state index in [9.17, 15) is 89.4 Å². The van der Waals surface area contributed by atoms with E-state index in [0.29, 0.717) is 0 Å². The van der Waals surface area contributed by atoms with Gasteiger partial charge in [0.1, 0.15) is 19.8 Å². The van der Waals surface area contributed by atoms with Crippen molar-refractivity contribution >= 4 is 23.9 Å². The second kappa shape index (κ2) is 24.2. The zero-order valence-electron chi connectivity index (χ0n) is 38.5. The highest BCUT2D eigenvalue weighted by Gasteiger charge is 2.91. The van der Waals surface area contributed by atoms with E-state index in [2.05, 4.69) is 68.9 Å². The van der Waals surface area contributed by atoms with E-state index >= 15 is 52.7 Å². The Balaban J connectivity index is 4.00. The van der Waals surface area contributed by atoms with E-state index in [1.165, 1.54) is 0 Å². The first-order valence-electron chi connectivity index (χ1n) is 19.9. The Hall–Kier alpha value is -5.36. The molecule has 0 bridgehead atoms. The Morgan fingerprint density at radius 3 is 1.07 bits per heavy atom. The van der Waals surface area contributed by atoms with Gasteiger partial charge in [0, 0.05) is 30.7 Å². The number of hydrogen-bond acceptors (Lipinski definition) is 14. The van der Waals surface area contributed by atoms with Crippen LogP contribution in [0.1, 0.15) is 12.8 Å². The summed E-state index contributed by atoms with van der Waals surface area (Å²) < 4.78 is 448. The molecule has 0 radical (unpaired) electrons. The highest BCUT2D eigenvalue weighted by atomic mass is 19.4. The van der Waals surface area contributed by atoms with E-state index in [0.717, 1.165) is 0 Å². The molecule has 0 aromatic heterocycles. The standard InChI is InChI=1S/C38H32F28O14/c1-5-19(67)72-14-26(43,44)33(55,56)76-13-24(40,78-35(59,60)28(47,48)16-74-21(69)7-3)12-71-11-23(39)9-10-25(41,42)31(52,32(23,53)54)38(65,66)80-37(63,64)30(51,79-36(61,62)29(49,50)17-75-22(70)8-4)18-77-34(57,58)27(45,46)15-73-20(68)6-2/h5-8H,1-4,9-18H2. The van der Waals surface area contributed by atoms with E-state index < -0.39 is 185 Å². The summed E-state index contributed by atoms with van der Waals surface area (Å²) in [5.74, 6) is -61.7. The van der Waals surface area contributed by atoms with Gasteiger partial charge in [-0.2, -0.15) is 101 Å². The summed E-state index contributed by atoms with van der Waals surface area (Å²) >= 11 is 0. The van der Waals surface area contributed by atoms with Crippen LogP contribution in [-0.4, -0.2) is 172 Å². The molecule has 0 spiro atoms. The van der Waals surface area contributed by atoms with Crippen LogP contribution in [0.15, 0.2) is 50.6 Å². The minimum absolute atomic E-state index is 0.0264. The number of rotatable bonds is 34. The molecule has 0 aliphatic heterocycles. The van der Waals surface area contributed by atoms with E-state index in [4.69, 9.17) is 0 Å². The summed E-state index contributed by atoms with van der Waals surface area (Å²) in [5, 5.41) is 0. The molecule has 1 fully saturated rings. The SMILES string of the molecule is C=CC(=O)OCC(F)(F)C(F)(F)OCC(F)(COCC1(F)CCC(F)(F)C(F)(C(F)(F)OC(F)(F)C(F)(COC(F)(F)C(F)(F)COC(=O)C=C)OC(F)(F)C(F)(F)COC(=O)C=C)C1(F)F)OC(F)(F)C(F)(F)COC(=O)C=C. The molecule has 1 aliphatic carbocycles. The van der Waals surface area contributed by atoms with E-state index in [1.54, 1.807) is 0 Å². The minimum atomic E-state index is -8.44. The quantitative estimate of drug-likeness (QED) is 0.0259. The lowest BCUT2D eigenvalue weighted by molar-refractivity contribution is -0.534. The second-order valence-corrected chi connectivity index (χ2v) is 15.6. The van der Waals surface area contributed by atoms with E-state index in [-0.39, 0.29) is 24.3 Å². The Morgan fingerprint density at radius 2 is 0.725 bits per heavy atom. The summed E-state index contributed by atoms with van der Waals surface area (Å²) in [6, 6.07) is 0. The van der Waals surface area contributed by atoms with Crippen molar-refractivity contribution in [3.8, 4) is 0 Å². The van der Waals surface area contributed by atoms with Gasteiger partial charge in [-0.25, -0.2) is 45.9 Å². The molecule has 1 rings (SSSR count). The van der Waals surface area contributed by atoms with Crippen molar-refractivity contribution in [2.45, 2.75) is 108 Å². The number of hydrogen-bond donors (Lipinski definition) is 0. The Labute approximate surface area is 425 Å². The van der Waals surface area contributed by atoms with Crippen molar-refractivity contribution in [3.05, 3.63) is 50.6 Å². The molecule has 0 aromatic carbocycles. The zero-order valence-corrected chi connectivity index (χ0v) is 38.5. The average Bonchev–Trinajstić information content (AvgIpc) is 3.32. The summed E-state index contributed by atoms with van der Waals surface area (Å²) in [6.07, 6.45) is -51.0. The third-order valence-corrected chi connectivity index (χ3v) is 9.54. The number of alkyl halides is 28. The maximum Gasteiger partial charge on any atom is 0.425 e. The third kappa shape index (κ3) is 15.6. The van der Waals surface area contributed by atoms with E-state index in [1.807, 2.05) is 4.74 Å². The highest BCUT2D eigenvalue weighted by Crippen LogP contribution is 2.65. The predicted molar refractivity (Wildman–Crippen MR) is 195 cm³/mol. The lowest BCUT2D eigenvalue weighted by atomic mass is 9.70.